The Morgan fingerprint density at radius 1 is 1.36 bits per heavy atom. The van der Waals surface area contributed by atoms with Crippen LogP contribution in [0.15, 0.2) is 42.7 Å². The second-order valence-electron chi connectivity index (χ2n) is 5.93. The molecule has 132 valence electrons. The van der Waals surface area contributed by atoms with Crippen LogP contribution in [0.3, 0.4) is 0 Å². The SMILES string of the molecule is Fc1ccc(NC(=S)N(Cc2ccncc2)C[C@@H]2CCCO2)cc1Cl. The fourth-order valence-corrected chi connectivity index (χ4v) is 3.18. The second-order valence-corrected chi connectivity index (χ2v) is 6.72. The average Bonchev–Trinajstić information content (AvgIpc) is 3.12. The third kappa shape index (κ3) is 5.11. The molecule has 4 nitrogen and oxygen atoms in total. The van der Waals surface area contributed by atoms with Crippen molar-refractivity contribution < 1.29 is 9.13 Å². The minimum atomic E-state index is -0.453. The Bertz CT molecular complexity index is 726. The number of ether oxygens (including phenoxy) is 1. The number of hydrogen-bond acceptors (Lipinski definition) is 3. The van der Waals surface area contributed by atoms with Gasteiger partial charge in [0.2, 0.25) is 0 Å². The van der Waals surface area contributed by atoms with Crippen molar-refractivity contribution in [3.63, 3.8) is 0 Å². The molecule has 1 atom stereocenters. The maximum atomic E-state index is 13.3. The first-order valence-corrected chi connectivity index (χ1v) is 8.92. The number of aromatic nitrogens is 1. The molecule has 1 saturated heterocycles. The van der Waals surface area contributed by atoms with E-state index in [0.717, 1.165) is 25.0 Å². The van der Waals surface area contributed by atoms with Gasteiger partial charge in [0.05, 0.1) is 11.1 Å². The van der Waals surface area contributed by atoms with Crippen molar-refractivity contribution in [3.05, 3.63) is 59.1 Å². The largest absolute Gasteiger partial charge is 0.376 e. The van der Waals surface area contributed by atoms with Gasteiger partial charge in [0, 0.05) is 37.8 Å². The second kappa shape index (κ2) is 8.56. The molecule has 25 heavy (non-hydrogen) atoms. The van der Waals surface area contributed by atoms with Crippen LogP contribution in [0.5, 0.6) is 0 Å². The first-order valence-electron chi connectivity index (χ1n) is 8.13. The van der Waals surface area contributed by atoms with Crippen LogP contribution in [0, 0.1) is 5.82 Å². The van der Waals surface area contributed by atoms with Crippen molar-refractivity contribution in [1.82, 2.24) is 9.88 Å². The van der Waals surface area contributed by atoms with Crippen LogP contribution in [0.2, 0.25) is 5.02 Å². The molecule has 1 aromatic heterocycles. The van der Waals surface area contributed by atoms with E-state index in [1.54, 1.807) is 18.5 Å². The zero-order valence-electron chi connectivity index (χ0n) is 13.6. The first-order chi connectivity index (χ1) is 12.1. The van der Waals surface area contributed by atoms with Crippen LogP contribution >= 0.6 is 23.8 Å². The zero-order valence-corrected chi connectivity index (χ0v) is 15.2. The van der Waals surface area contributed by atoms with Crippen molar-refractivity contribution >= 4 is 34.6 Å². The van der Waals surface area contributed by atoms with Gasteiger partial charge >= 0.3 is 0 Å². The number of anilines is 1. The van der Waals surface area contributed by atoms with E-state index in [0.29, 0.717) is 23.9 Å². The summed E-state index contributed by atoms with van der Waals surface area (Å²) >= 11 is 11.4. The molecule has 1 fully saturated rings. The molecule has 0 saturated carbocycles. The lowest BCUT2D eigenvalue weighted by molar-refractivity contribution is 0.0905. The highest BCUT2D eigenvalue weighted by molar-refractivity contribution is 7.80. The molecule has 0 unspecified atom stereocenters. The number of hydrogen-bond donors (Lipinski definition) is 1. The van der Waals surface area contributed by atoms with Gasteiger partial charge in [-0.3, -0.25) is 4.98 Å². The zero-order chi connectivity index (χ0) is 17.6. The summed E-state index contributed by atoms with van der Waals surface area (Å²) in [4.78, 5) is 6.10. The van der Waals surface area contributed by atoms with E-state index in [9.17, 15) is 4.39 Å². The maximum Gasteiger partial charge on any atom is 0.173 e. The van der Waals surface area contributed by atoms with Gasteiger partial charge in [-0.15, -0.1) is 0 Å². The lowest BCUT2D eigenvalue weighted by Crippen LogP contribution is -2.39. The lowest BCUT2D eigenvalue weighted by atomic mass is 10.2. The number of nitrogens with one attached hydrogen (secondary N) is 1. The van der Waals surface area contributed by atoms with Crippen LogP contribution in [0.4, 0.5) is 10.1 Å². The smallest absolute Gasteiger partial charge is 0.173 e. The predicted molar refractivity (Wildman–Crippen MR) is 101 cm³/mol. The van der Waals surface area contributed by atoms with Crippen LogP contribution in [-0.2, 0) is 11.3 Å². The third-order valence-electron chi connectivity index (χ3n) is 4.03. The van der Waals surface area contributed by atoms with Crippen molar-refractivity contribution in [2.45, 2.75) is 25.5 Å². The number of thiocarbonyl (C=S) groups is 1. The summed E-state index contributed by atoms with van der Waals surface area (Å²) in [7, 11) is 0. The number of benzene rings is 1. The molecule has 0 bridgehead atoms. The predicted octanol–water partition coefficient (Wildman–Crippen LogP) is 4.25. The lowest BCUT2D eigenvalue weighted by Gasteiger charge is -2.28. The van der Waals surface area contributed by atoms with Crippen LogP contribution in [0.1, 0.15) is 18.4 Å². The molecular formula is C18H19ClFN3OS. The Labute approximate surface area is 157 Å². The number of halogens is 2. The molecule has 1 aliphatic rings. The fourth-order valence-electron chi connectivity index (χ4n) is 2.74. The first kappa shape index (κ1) is 18.0. The highest BCUT2D eigenvalue weighted by Gasteiger charge is 2.21. The Morgan fingerprint density at radius 3 is 2.84 bits per heavy atom. The maximum absolute atomic E-state index is 13.3. The normalized spacial score (nSPS) is 16.6. The van der Waals surface area contributed by atoms with E-state index in [4.69, 9.17) is 28.6 Å². The highest BCUT2D eigenvalue weighted by Crippen LogP contribution is 2.21. The van der Waals surface area contributed by atoms with Gasteiger partial charge in [-0.2, -0.15) is 0 Å². The summed E-state index contributed by atoms with van der Waals surface area (Å²) in [5.74, 6) is -0.453. The van der Waals surface area contributed by atoms with Crippen LogP contribution in [0.25, 0.3) is 0 Å². The summed E-state index contributed by atoms with van der Waals surface area (Å²) in [5, 5.41) is 3.75. The van der Waals surface area contributed by atoms with E-state index in [1.165, 1.54) is 12.1 Å². The van der Waals surface area contributed by atoms with Gasteiger partial charge in [-0.05, 0) is 61.0 Å². The van der Waals surface area contributed by atoms with E-state index in [2.05, 4.69) is 15.2 Å². The minimum Gasteiger partial charge on any atom is -0.376 e. The molecule has 2 heterocycles. The molecule has 1 aromatic carbocycles. The molecule has 0 amide bonds. The molecule has 0 aliphatic carbocycles. The van der Waals surface area contributed by atoms with E-state index < -0.39 is 5.82 Å². The van der Waals surface area contributed by atoms with Crippen molar-refractivity contribution in [2.24, 2.45) is 0 Å². The Balaban J connectivity index is 1.72. The monoisotopic (exact) mass is 379 g/mol. The fraction of sp³-hybridized carbons (Fsp3) is 0.333. The van der Waals surface area contributed by atoms with Gasteiger partial charge in [-0.25, -0.2) is 4.39 Å². The topological polar surface area (TPSA) is 37.4 Å². The summed E-state index contributed by atoms with van der Waals surface area (Å²) in [6.07, 6.45) is 5.78. The standard InChI is InChI=1S/C18H19ClFN3OS/c19-16-10-14(3-4-17(16)20)22-18(25)23(12-15-2-1-9-24-15)11-13-5-7-21-8-6-13/h3-8,10,15H,1-2,9,11-12H2,(H,22,25)/t15-/m0/s1. The van der Waals surface area contributed by atoms with E-state index in [-0.39, 0.29) is 11.1 Å². The van der Waals surface area contributed by atoms with Crippen molar-refractivity contribution in [3.8, 4) is 0 Å². The van der Waals surface area contributed by atoms with Gasteiger partial charge in [-0.1, -0.05) is 11.6 Å². The highest BCUT2D eigenvalue weighted by atomic mass is 35.5. The van der Waals surface area contributed by atoms with Crippen LogP contribution < -0.4 is 5.32 Å². The molecule has 0 radical (unpaired) electrons. The summed E-state index contributed by atoms with van der Waals surface area (Å²) < 4.78 is 19.1. The average molecular weight is 380 g/mol. The quantitative estimate of drug-likeness (QED) is 0.786. The molecule has 7 heteroatoms. The summed E-state index contributed by atoms with van der Waals surface area (Å²) in [6.45, 7) is 2.13. The summed E-state index contributed by atoms with van der Waals surface area (Å²) in [6, 6.07) is 8.38. The Hall–Kier alpha value is -1.76. The number of pyridine rings is 1. The number of nitrogens with zero attached hydrogens (tertiary/aromatic N) is 2. The van der Waals surface area contributed by atoms with Gasteiger partial charge in [0.25, 0.3) is 0 Å². The van der Waals surface area contributed by atoms with Gasteiger partial charge < -0.3 is 15.0 Å². The molecule has 1 aliphatic heterocycles. The number of rotatable bonds is 5. The van der Waals surface area contributed by atoms with Crippen LogP contribution in [-0.4, -0.2) is 34.3 Å². The third-order valence-corrected chi connectivity index (χ3v) is 4.68. The molecule has 2 aromatic rings. The molecule has 0 spiro atoms. The van der Waals surface area contributed by atoms with E-state index in [1.807, 2.05) is 12.1 Å². The van der Waals surface area contributed by atoms with E-state index >= 15 is 0 Å². The molecule has 3 rings (SSSR count). The Kier molecular flexibility index (Phi) is 6.18. The minimum absolute atomic E-state index is 0.0626. The molecular weight excluding hydrogens is 361 g/mol. The van der Waals surface area contributed by atoms with Gasteiger partial charge in [0.1, 0.15) is 5.82 Å². The summed E-state index contributed by atoms with van der Waals surface area (Å²) in [5.41, 5.74) is 1.76. The van der Waals surface area contributed by atoms with Crippen molar-refractivity contribution in [1.29, 1.82) is 0 Å². The Morgan fingerprint density at radius 2 is 2.16 bits per heavy atom. The van der Waals surface area contributed by atoms with Crippen molar-refractivity contribution in [2.75, 3.05) is 18.5 Å². The van der Waals surface area contributed by atoms with Gasteiger partial charge in [0.15, 0.2) is 5.11 Å². The molecule has 1 N–H and O–H groups in total.